The predicted octanol–water partition coefficient (Wildman–Crippen LogP) is 1.97. The molecule has 1 heterocycles. The van der Waals surface area contributed by atoms with E-state index in [-0.39, 0.29) is 11.8 Å². The van der Waals surface area contributed by atoms with Crippen LogP contribution in [0.25, 0.3) is 0 Å². The van der Waals surface area contributed by atoms with Crippen LogP contribution in [0.1, 0.15) is 47.2 Å². The summed E-state index contributed by atoms with van der Waals surface area (Å²) in [7, 11) is -3.18. The van der Waals surface area contributed by atoms with Gasteiger partial charge in [0.15, 0.2) is 0 Å². The number of sulfonamides is 1. The van der Waals surface area contributed by atoms with Crippen LogP contribution >= 0.6 is 0 Å². The summed E-state index contributed by atoms with van der Waals surface area (Å²) < 4.78 is 25.1. The van der Waals surface area contributed by atoms with Crippen molar-refractivity contribution in [3.05, 3.63) is 34.9 Å². The van der Waals surface area contributed by atoms with Gasteiger partial charge in [-0.1, -0.05) is 6.07 Å². The van der Waals surface area contributed by atoms with E-state index in [1.807, 2.05) is 11.0 Å². The van der Waals surface area contributed by atoms with E-state index in [1.165, 1.54) is 30.2 Å². The van der Waals surface area contributed by atoms with Gasteiger partial charge in [-0.25, -0.2) is 13.1 Å². The molecule has 0 bridgehead atoms. The Labute approximate surface area is 144 Å². The number of hydrogen-bond acceptors (Lipinski definition) is 3. The van der Waals surface area contributed by atoms with Crippen LogP contribution in [0, 0.1) is 5.92 Å². The van der Waals surface area contributed by atoms with Crippen molar-refractivity contribution in [2.75, 3.05) is 25.9 Å². The number of amides is 1. The summed E-state index contributed by atoms with van der Waals surface area (Å²) in [6.07, 6.45) is 7.67. The van der Waals surface area contributed by atoms with Crippen LogP contribution in [0.4, 0.5) is 0 Å². The first-order chi connectivity index (χ1) is 11.4. The van der Waals surface area contributed by atoms with Crippen molar-refractivity contribution >= 4 is 15.9 Å². The lowest BCUT2D eigenvalue weighted by molar-refractivity contribution is 0.0676. The van der Waals surface area contributed by atoms with Crippen LogP contribution in [0.2, 0.25) is 0 Å². The van der Waals surface area contributed by atoms with Crippen LogP contribution in [-0.2, 0) is 22.9 Å². The molecule has 1 amide bonds. The molecule has 24 heavy (non-hydrogen) atoms. The molecule has 1 aliphatic carbocycles. The minimum Gasteiger partial charge on any atom is -0.338 e. The summed E-state index contributed by atoms with van der Waals surface area (Å²) >= 11 is 0. The molecule has 0 unspecified atom stereocenters. The summed E-state index contributed by atoms with van der Waals surface area (Å²) in [5, 5.41) is 0. The van der Waals surface area contributed by atoms with Gasteiger partial charge in [0.1, 0.15) is 0 Å². The third-order valence-corrected chi connectivity index (χ3v) is 5.73. The number of fused-ring (bicyclic) bond motifs is 1. The van der Waals surface area contributed by atoms with Crippen molar-refractivity contribution < 1.29 is 13.2 Å². The highest BCUT2D eigenvalue weighted by atomic mass is 32.2. The zero-order chi connectivity index (χ0) is 17.2. The highest BCUT2D eigenvalue weighted by Crippen LogP contribution is 2.24. The molecule has 2 aliphatic rings. The van der Waals surface area contributed by atoms with E-state index in [4.69, 9.17) is 0 Å². The van der Waals surface area contributed by atoms with E-state index in [2.05, 4.69) is 16.9 Å². The first-order valence-electron chi connectivity index (χ1n) is 8.78. The molecule has 0 spiro atoms. The van der Waals surface area contributed by atoms with Gasteiger partial charge in [-0.15, -0.1) is 0 Å². The van der Waals surface area contributed by atoms with Gasteiger partial charge in [0.05, 0.1) is 6.26 Å². The molecular formula is C18H26N2O3S. The van der Waals surface area contributed by atoms with E-state index < -0.39 is 10.0 Å². The zero-order valence-electron chi connectivity index (χ0n) is 14.3. The summed E-state index contributed by atoms with van der Waals surface area (Å²) in [5.41, 5.74) is 3.47. The van der Waals surface area contributed by atoms with Crippen LogP contribution in [0.3, 0.4) is 0 Å². The molecular weight excluding hydrogens is 324 g/mol. The van der Waals surface area contributed by atoms with Gasteiger partial charge in [-0.3, -0.25) is 4.79 Å². The van der Waals surface area contributed by atoms with Gasteiger partial charge < -0.3 is 4.90 Å². The number of likely N-dealkylation sites (tertiary alicyclic amines) is 1. The summed E-state index contributed by atoms with van der Waals surface area (Å²) in [6, 6.07) is 6.12. The number of rotatable bonds is 4. The van der Waals surface area contributed by atoms with E-state index in [0.717, 1.165) is 37.8 Å². The molecule has 0 aromatic heterocycles. The second-order valence-corrected chi connectivity index (χ2v) is 8.90. The molecule has 0 saturated carbocycles. The summed E-state index contributed by atoms with van der Waals surface area (Å²) in [5.74, 6) is 0.266. The van der Waals surface area contributed by atoms with Crippen LogP contribution in [0.5, 0.6) is 0 Å². The summed E-state index contributed by atoms with van der Waals surface area (Å²) in [4.78, 5) is 14.7. The Morgan fingerprint density at radius 1 is 1.21 bits per heavy atom. The lowest BCUT2D eigenvalue weighted by Gasteiger charge is -2.33. The topological polar surface area (TPSA) is 66.5 Å². The normalized spacial score (nSPS) is 21.4. The Hall–Kier alpha value is -1.40. The van der Waals surface area contributed by atoms with Crippen molar-refractivity contribution in [3.63, 3.8) is 0 Å². The highest BCUT2D eigenvalue weighted by Gasteiger charge is 2.25. The fraction of sp³-hybridized carbons (Fsp3) is 0.611. The standard InChI is InChI=1S/C18H26N2O3S/c1-24(22,23)19-12-14-5-4-10-20(13-14)18(21)17-9-8-15-6-2-3-7-16(15)11-17/h8-9,11,14,19H,2-7,10,12-13H2,1H3/t14-/m0/s1. The smallest absolute Gasteiger partial charge is 0.253 e. The number of carbonyl (C=O) groups is 1. The number of aryl methyl sites for hydroxylation is 2. The molecule has 0 radical (unpaired) electrons. The van der Waals surface area contributed by atoms with E-state index >= 15 is 0 Å². The average Bonchev–Trinajstić information content (AvgIpc) is 2.58. The third kappa shape index (κ3) is 4.36. The number of piperidine rings is 1. The Kier molecular flexibility index (Phi) is 5.25. The van der Waals surface area contributed by atoms with Crippen molar-refractivity contribution in [1.29, 1.82) is 0 Å². The molecule has 1 aliphatic heterocycles. The predicted molar refractivity (Wildman–Crippen MR) is 94.6 cm³/mol. The molecule has 1 fully saturated rings. The van der Waals surface area contributed by atoms with Crippen molar-refractivity contribution in [1.82, 2.24) is 9.62 Å². The first-order valence-corrected chi connectivity index (χ1v) is 10.7. The fourth-order valence-corrected chi connectivity index (χ4v) is 4.27. The number of nitrogens with one attached hydrogen (secondary N) is 1. The highest BCUT2D eigenvalue weighted by molar-refractivity contribution is 7.88. The lowest BCUT2D eigenvalue weighted by atomic mass is 9.90. The van der Waals surface area contributed by atoms with Gasteiger partial charge in [-0.2, -0.15) is 0 Å². The molecule has 1 aromatic carbocycles. The number of nitrogens with zero attached hydrogens (tertiary/aromatic N) is 1. The Morgan fingerprint density at radius 2 is 1.96 bits per heavy atom. The van der Waals surface area contributed by atoms with Gasteiger partial charge in [0.25, 0.3) is 5.91 Å². The maximum absolute atomic E-state index is 12.8. The second-order valence-electron chi connectivity index (χ2n) is 7.07. The Morgan fingerprint density at radius 3 is 2.71 bits per heavy atom. The van der Waals surface area contributed by atoms with Crippen LogP contribution in [0.15, 0.2) is 18.2 Å². The molecule has 1 aromatic rings. The van der Waals surface area contributed by atoms with Crippen LogP contribution in [-0.4, -0.2) is 45.1 Å². The first kappa shape index (κ1) is 17.4. The van der Waals surface area contributed by atoms with Gasteiger partial charge in [0.2, 0.25) is 10.0 Å². The van der Waals surface area contributed by atoms with E-state index in [9.17, 15) is 13.2 Å². The van der Waals surface area contributed by atoms with Crippen LogP contribution < -0.4 is 4.72 Å². The summed E-state index contributed by atoms with van der Waals surface area (Å²) in [6.45, 7) is 1.79. The maximum Gasteiger partial charge on any atom is 0.253 e. The minimum atomic E-state index is -3.18. The minimum absolute atomic E-state index is 0.0763. The van der Waals surface area contributed by atoms with Crippen molar-refractivity contribution in [2.45, 2.75) is 38.5 Å². The SMILES string of the molecule is CS(=O)(=O)NC[C@@H]1CCCN(C(=O)c2ccc3c(c2)CCCC3)C1. The fourth-order valence-electron chi connectivity index (χ4n) is 3.73. The third-order valence-electron chi connectivity index (χ3n) is 5.04. The molecule has 1 atom stereocenters. The largest absolute Gasteiger partial charge is 0.338 e. The molecule has 5 nitrogen and oxygen atoms in total. The molecule has 1 N–H and O–H groups in total. The second kappa shape index (κ2) is 7.23. The number of benzene rings is 1. The van der Waals surface area contributed by atoms with E-state index in [1.54, 1.807) is 0 Å². The quantitative estimate of drug-likeness (QED) is 0.903. The van der Waals surface area contributed by atoms with Gasteiger partial charge in [0, 0.05) is 25.2 Å². The zero-order valence-corrected chi connectivity index (χ0v) is 15.1. The molecule has 1 saturated heterocycles. The van der Waals surface area contributed by atoms with Crippen molar-refractivity contribution in [3.8, 4) is 0 Å². The molecule has 132 valence electrons. The van der Waals surface area contributed by atoms with E-state index in [0.29, 0.717) is 13.1 Å². The van der Waals surface area contributed by atoms with Gasteiger partial charge >= 0.3 is 0 Å². The number of hydrogen-bond donors (Lipinski definition) is 1. The molecule has 6 heteroatoms. The monoisotopic (exact) mass is 350 g/mol. The maximum atomic E-state index is 12.8. The average molecular weight is 350 g/mol. The molecule has 3 rings (SSSR count). The number of carbonyl (C=O) groups excluding carboxylic acids is 1. The Bertz CT molecular complexity index is 715. The Balaban J connectivity index is 1.66. The van der Waals surface area contributed by atoms with Gasteiger partial charge in [-0.05, 0) is 67.7 Å². The van der Waals surface area contributed by atoms with Crippen molar-refractivity contribution in [2.24, 2.45) is 5.92 Å². The lowest BCUT2D eigenvalue weighted by Crippen LogP contribution is -2.43.